The van der Waals surface area contributed by atoms with Crippen LogP contribution in [0.2, 0.25) is 0 Å². The Hall–Kier alpha value is -3.07. The molecule has 3 nitrogen and oxygen atoms in total. The number of hydrogen-bond acceptors (Lipinski definition) is 3. The molecule has 3 heteroatoms. The van der Waals surface area contributed by atoms with Crippen molar-refractivity contribution in [2.75, 3.05) is 7.11 Å². The molecule has 1 N–H and O–H groups in total. The summed E-state index contributed by atoms with van der Waals surface area (Å²) < 4.78 is 4.81. The van der Waals surface area contributed by atoms with Crippen LogP contribution < -0.4 is 0 Å². The van der Waals surface area contributed by atoms with Crippen LogP contribution in [0.15, 0.2) is 78.9 Å². The number of benzene rings is 3. The molecule has 0 spiro atoms. The molecule has 0 saturated heterocycles. The Morgan fingerprint density at radius 3 is 2.07 bits per heavy atom. The van der Waals surface area contributed by atoms with Gasteiger partial charge in [0.2, 0.25) is 0 Å². The molecule has 3 rings (SSSR count). The Kier molecular flexibility index (Phi) is 5.92. The van der Waals surface area contributed by atoms with E-state index in [0.29, 0.717) is 0 Å². The van der Waals surface area contributed by atoms with E-state index < -0.39 is 5.97 Å². The number of esters is 1. The van der Waals surface area contributed by atoms with E-state index in [1.54, 1.807) is 12.1 Å². The summed E-state index contributed by atoms with van der Waals surface area (Å²) in [6.07, 6.45) is 0.812. The van der Waals surface area contributed by atoms with Gasteiger partial charge in [-0.05, 0) is 29.5 Å². The van der Waals surface area contributed by atoms with Gasteiger partial charge in [-0.15, -0.1) is 0 Å². The molecule has 3 aromatic rings. The maximum atomic E-state index is 12.0. The molecule has 3 aromatic carbocycles. The third-order valence-corrected chi connectivity index (χ3v) is 5.01. The van der Waals surface area contributed by atoms with Crippen molar-refractivity contribution < 1.29 is 14.6 Å². The van der Waals surface area contributed by atoms with E-state index in [-0.39, 0.29) is 23.1 Å². The van der Waals surface area contributed by atoms with Crippen molar-refractivity contribution in [1.29, 1.82) is 0 Å². The zero-order valence-corrected chi connectivity index (χ0v) is 15.6. The number of phenols is 1. The van der Waals surface area contributed by atoms with Gasteiger partial charge < -0.3 is 9.84 Å². The second kappa shape index (κ2) is 8.54. The monoisotopic (exact) mass is 360 g/mol. The molecule has 0 amide bonds. The van der Waals surface area contributed by atoms with Crippen LogP contribution in [0, 0.1) is 0 Å². The normalized spacial score (nSPS) is 13.0. The fourth-order valence-electron chi connectivity index (χ4n) is 3.52. The van der Waals surface area contributed by atoms with Crippen molar-refractivity contribution in [3.63, 3.8) is 0 Å². The summed E-state index contributed by atoms with van der Waals surface area (Å²) in [5.74, 6) is -0.278. The first-order chi connectivity index (χ1) is 13.1. The Morgan fingerprint density at radius 1 is 0.889 bits per heavy atom. The molecule has 0 saturated carbocycles. The number of phenolic OH excluding ortho intramolecular Hbond substituents is 1. The molecule has 0 fully saturated rings. The maximum Gasteiger partial charge on any atom is 0.341 e. The SMILES string of the molecule is COC(=O)c1cccc(C(CC(C)c2ccccc2)c2ccccc2)c1O. The summed E-state index contributed by atoms with van der Waals surface area (Å²) in [7, 11) is 1.32. The van der Waals surface area contributed by atoms with E-state index in [1.807, 2.05) is 42.5 Å². The maximum absolute atomic E-state index is 12.0. The molecule has 27 heavy (non-hydrogen) atoms. The van der Waals surface area contributed by atoms with E-state index >= 15 is 0 Å². The molecule has 0 aliphatic heterocycles. The van der Waals surface area contributed by atoms with Crippen LogP contribution in [0.5, 0.6) is 5.75 Å². The molecular weight excluding hydrogens is 336 g/mol. The van der Waals surface area contributed by atoms with Crippen LogP contribution in [-0.4, -0.2) is 18.2 Å². The van der Waals surface area contributed by atoms with Crippen LogP contribution in [0.25, 0.3) is 0 Å². The Bertz CT molecular complexity index is 888. The number of hydrogen-bond donors (Lipinski definition) is 1. The highest BCUT2D eigenvalue weighted by Crippen LogP contribution is 2.39. The number of para-hydroxylation sites is 1. The van der Waals surface area contributed by atoms with Gasteiger partial charge in [-0.3, -0.25) is 0 Å². The first-order valence-electron chi connectivity index (χ1n) is 9.12. The number of aromatic hydroxyl groups is 1. The predicted molar refractivity (Wildman–Crippen MR) is 107 cm³/mol. The third kappa shape index (κ3) is 4.20. The lowest BCUT2D eigenvalue weighted by Gasteiger charge is -2.24. The molecular formula is C24H24O3. The van der Waals surface area contributed by atoms with Crippen molar-refractivity contribution in [3.05, 3.63) is 101 Å². The van der Waals surface area contributed by atoms with Crippen molar-refractivity contribution in [1.82, 2.24) is 0 Å². The molecule has 0 radical (unpaired) electrons. The first kappa shape index (κ1) is 18.7. The smallest absolute Gasteiger partial charge is 0.341 e. The summed E-state index contributed by atoms with van der Waals surface area (Å²) >= 11 is 0. The summed E-state index contributed by atoms with van der Waals surface area (Å²) in [5.41, 5.74) is 3.30. The summed E-state index contributed by atoms with van der Waals surface area (Å²) in [5, 5.41) is 10.8. The number of ether oxygens (including phenoxy) is 1. The third-order valence-electron chi connectivity index (χ3n) is 5.01. The minimum absolute atomic E-state index is 0.00142. The van der Waals surface area contributed by atoms with Gasteiger partial charge in [0.05, 0.1) is 7.11 Å². The highest BCUT2D eigenvalue weighted by atomic mass is 16.5. The van der Waals surface area contributed by atoms with Crippen LogP contribution in [0.4, 0.5) is 0 Å². The number of methoxy groups -OCH3 is 1. The van der Waals surface area contributed by atoms with Gasteiger partial charge in [0.25, 0.3) is 0 Å². The minimum Gasteiger partial charge on any atom is -0.507 e. The van der Waals surface area contributed by atoms with E-state index in [9.17, 15) is 9.90 Å². The molecule has 0 aromatic heterocycles. The average molecular weight is 360 g/mol. The quantitative estimate of drug-likeness (QED) is 0.590. The molecule has 138 valence electrons. The van der Waals surface area contributed by atoms with Crippen LogP contribution in [0.1, 0.15) is 52.2 Å². The highest BCUT2D eigenvalue weighted by Gasteiger charge is 2.24. The van der Waals surface area contributed by atoms with Gasteiger partial charge in [0, 0.05) is 11.5 Å². The molecule has 0 bridgehead atoms. The van der Waals surface area contributed by atoms with Crippen LogP contribution in [0.3, 0.4) is 0 Å². The largest absolute Gasteiger partial charge is 0.507 e. The van der Waals surface area contributed by atoms with E-state index in [2.05, 4.69) is 31.2 Å². The number of carbonyl (C=O) groups is 1. The van der Waals surface area contributed by atoms with Gasteiger partial charge in [-0.1, -0.05) is 79.7 Å². The predicted octanol–water partition coefficient (Wildman–Crippen LogP) is 5.50. The van der Waals surface area contributed by atoms with Crippen molar-refractivity contribution in [2.24, 2.45) is 0 Å². The topological polar surface area (TPSA) is 46.5 Å². The van der Waals surface area contributed by atoms with Crippen molar-refractivity contribution in [2.45, 2.75) is 25.2 Å². The fourth-order valence-corrected chi connectivity index (χ4v) is 3.52. The second-order valence-corrected chi connectivity index (χ2v) is 6.75. The van der Waals surface area contributed by atoms with Crippen molar-refractivity contribution in [3.8, 4) is 5.75 Å². The number of rotatable bonds is 6. The molecule has 0 aliphatic rings. The highest BCUT2D eigenvalue weighted by molar-refractivity contribution is 5.92. The molecule has 0 aliphatic carbocycles. The minimum atomic E-state index is -0.530. The van der Waals surface area contributed by atoms with Gasteiger partial charge in [0.15, 0.2) is 0 Å². The zero-order chi connectivity index (χ0) is 19.2. The lowest BCUT2D eigenvalue weighted by molar-refractivity contribution is 0.0597. The average Bonchev–Trinajstić information content (AvgIpc) is 2.73. The zero-order valence-electron chi connectivity index (χ0n) is 15.6. The number of carbonyl (C=O) groups excluding carboxylic acids is 1. The lowest BCUT2D eigenvalue weighted by atomic mass is 9.81. The van der Waals surface area contributed by atoms with Gasteiger partial charge in [0.1, 0.15) is 11.3 Å². The standard InChI is InChI=1S/C24H24O3/c1-17(18-10-5-3-6-11-18)16-22(19-12-7-4-8-13-19)20-14-9-15-21(23(20)25)24(26)27-2/h3-15,17,22,25H,16H2,1-2H3. The summed E-state index contributed by atoms with van der Waals surface area (Å²) in [4.78, 5) is 12.0. The van der Waals surface area contributed by atoms with Crippen LogP contribution >= 0.6 is 0 Å². The van der Waals surface area contributed by atoms with Gasteiger partial charge in [-0.25, -0.2) is 4.79 Å². The molecule has 0 heterocycles. The van der Waals surface area contributed by atoms with E-state index in [1.165, 1.54) is 12.7 Å². The van der Waals surface area contributed by atoms with Gasteiger partial charge >= 0.3 is 5.97 Å². The Labute approximate surface area is 160 Å². The van der Waals surface area contributed by atoms with E-state index in [4.69, 9.17) is 4.74 Å². The molecule has 2 atom stereocenters. The fraction of sp³-hybridized carbons (Fsp3) is 0.208. The Morgan fingerprint density at radius 2 is 1.48 bits per heavy atom. The van der Waals surface area contributed by atoms with E-state index in [0.717, 1.165) is 17.5 Å². The second-order valence-electron chi connectivity index (χ2n) is 6.75. The van der Waals surface area contributed by atoms with Crippen molar-refractivity contribution >= 4 is 5.97 Å². The summed E-state index contributed by atoms with van der Waals surface area (Å²) in [6, 6.07) is 25.7. The Balaban J connectivity index is 2.03. The first-order valence-corrected chi connectivity index (χ1v) is 9.12. The lowest BCUT2D eigenvalue weighted by Crippen LogP contribution is -2.09. The summed E-state index contributed by atoms with van der Waals surface area (Å²) in [6.45, 7) is 2.19. The van der Waals surface area contributed by atoms with Crippen LogP contribution in [-0.2, 0) is 4.74 Å². The molecule has 2 unspecified atom stereocenters. The van der Waals surface area contributed by atoms with Gasteiger partial charge in [-0.2, -0.15) is 0 Å².